The van der Waals surface area contributed by atoms with Crippen molar-refractivity contribution in [1.29, 1.82) is 0 Å². The summed E-state index contributed by atoms with van der Waals surface area (Å²) in [5.41, 5.74) is 5.44. The summed E-state index contributed by atoms with van der Waals surface area (Å²) < 4.78 is 6.86. The zero-order chi connectivity index (χ0) is 29.8. The average molecular weight is 571 g/mol. The minimum Gasteiger partial charge on any atom is -0.479 e. The Labute approximate surface area is 248 Å². The van der Waals surface area contributed by atoms with E-state index in [-0.39, 0.29) is 5.91 Å². The molecule has 3 aromatic carbocycles. The van der Waals surface area contributed by atoms with Gasteiger partial charge in [0.15, 0.2) is 0 Å². The number of ether oxygens (including phenoxy) is 1. The molecule has 1 unspecified atom stereocenters. The van der Waals surface area contributed by atoms with Crippen LogP contribution in [-0.2, 0) is 11.8 Å². The lowest BCUT2D eigenvalue weighted by atomic mass is 9.84. The van der Waals surface area contributed by atoms with Crippen molar-refractivity contribution in [3.05, 3.63) is 132 Å². The molecule has 6 rings (SSSR count). The molecule has 0 spiro atoms. The van der Waals surface area contributed by atoms with Crippen LogP contribution in [0.25, 0.3) is 22.0 Å². The maximum Gasteiger partial charge on any atom is 0.270 e. The van der Waals surface area contributed by atoms with Gasteiger partial charge in [0, 0.05) is 48.2 Å². The van der Waals surface area contributed by atoms with Crippen LogP contribution in [0.2, 0.25) is 0 Å². The molecular formula is C34H30N6O3. The molecule has 0 fully saturated rings. The second-order valence-corrected chi connectivity index (χ2v) is 10.1. The molecule has 43 heavy (non-hydrogen) atoms. The molecule has 2 amide bonds. The molecule has 0 aliphatic carbocycles. The molecule has 0 aliphatic heterocycles. The van der Waals surface area contributed by atoms with E-state index < -0.39 is 17.9 Å². The first-order valence-corrected chi connectivity index (χ1v) is 13.8. The summed E-state index contributed by atoms with van der Waals surface area (Å²) in [4.78, 5) is 35.1. The first-order valence-electron chi connectivity index (χ1n) is 13.8. The number of nitrogens with zero attached hydrogens (tertiary/aromatic N) is 3. The summed E-state index contributed by atoms with van der Waals surface area (Å²) in [6, 6.07) is 29.6. The Balaban J connectivity index is 1.33. The van der Waals surface area contributed by atoms with E-state index in [9.17, 15) is 9.59 Å². The number of benzene rings is 3. The minimum absolute atomic E-state index is 0.347. The van der Waals surface area contributed by atoms with Crippen LogP contribution in [0, 0.1) is 0 Å². The fourth-order valence-corrected chi connectivity index (χ4v) is 5.38. The average Bonchev–Trinajstić information content (AvgIpc) is 3.71. The lowest BCUT2D eigenvalue weighted by Gasteiger charge is -2.28. The highest BCUT2D eigenvalue weighted by molar-refractivity contribution is 6.02. The van der Waals surface area contributed by atoms with Crippen LogP contribution in [-0.4, -0.2) is 44.7 Å². The molecule has 0 radical (unpaired) electrons. The van der Waals surface area contributed by atoms with E-state index in [0.29, 0.717) is 17.3 Å². The maximum absolute atomic E-state index is 14.1. The van der Waals surface area contributed by atoms with Crippen molar-refractivity contribution in [3.63, 3.8) is 0 Å². The number of nitrogens with one attached hydrogen (secondary N) is 3. The van der Waals surface area contributed by atoms with Crippen molar-refractivity contribution in [2.75, 3.05) is 12.4 Å². The molecule has 0 aliphatic rings. The van der Waals surface area contributed by atoms with E-state index in [2.05, 4.69) is 25.7 Å². The van der Waals surface area contributed by atoms with Crippen LogP contribution in [0.1, 0.15) is 27.5 Å². The van der Waals surface area contributed by atoms with Gasteiger partial charge in [-0.15, -0.1) is 0 Å². The number of H-pyrrole nitrogens is 1. The second kappa shape index (κ2) is 12.0. The predicted octanol–water partition coefficient (Wildman–Crippen LogP) is 5.54. The molecule has 3 heterocycles. The minimum atomic E-state index is -0.933. The molecule has 3 aromatic heterocycles. The van der Waals surface area contributed by atoms with E-state index >= 15 is 0 Å². The molecule has 214 valence electrons. The van der Waals surface area contributed by atoms with Crippen LogP contribution in [0.15, 0.2) is 116 Å². The number of hydrogen-bond acceptors (Lipinski definition) is 5. The lowest BCUT2D eigenvalue weighted by Crippen LogP contribution is -2.48. The van der Waals surface area contributed by atoms with Gasteiger partial charge in [-0.2, -0.15) is 5.10 Å². The van der Waals surface area contributed by atoms with E-state index in [0.717, 1.165) is 33.2 Å². The fraction of sp³-hybridized carbons (Fsp3) is 0.118. The van der Waals surface area contributed by atoms with Gasteiger partial charge < -0.3 is 20.4 Å². The Hall–Kier alpha value is -5.70. The fourth-order valence-electron chi connectivity index (χ4n) is 5.38. The van der Waals surface area contributed by atoms with E-state index in [1.165, 1.54) is 4.68 Å². The second-order valence-electron chi connectivity index (χ2n) is 10.1. The van der Waals surface area contributed by atoms with Gasteiger partial charge in [0.2, 0.25) is 11.8 Å². The van der Waals surface area contributed by atoms with Crippen molar-refractivity contribution >= 4 is 28.4 Å². The molecule has 0 saturated heterocycles. The topological polar surface area (TPSA) is 114 Å². The molecular weight excluding hydrogens is 540 g/mol. The summed E-state index contributed by atoms with van der Waals surface area (Å²) in [6.45, 7) is 0. The van der Waals surface area contributed by atoms with Crippen LogP contribution < -0.4 is 15.4 Å². The molecule has 6 aromatic rings. The number of aromatic nitrogens is 4. The number of anilines is 1. The molecule has 9 nitrogen and oxygen atoms in total. The van der Waals surface area contributed by atoms with E-state index in [4.69, 9.17) is 4.74 Å². The van der Waals surface area contributed by atoms with Crippen molar-refractivity contribution < 1.29 is 14.3 Å². The van der Waals surface area contributed by atoms with Crippen molar-refractivity contribution in [2.24, 2.45) is 7.05 Å². The first kappa shape index (κ1) is 27.5. The van der Waals surface area contributed by atoms with E-state index in [1.807, 2.05) is 97.2 Å². The SMILES string of the molecule is COc1ncc(-c2ccc(NC(=O)C(NC(=O)c3ccnn3C)C(c3ccccc3)c3ccccc3)cc2)c2cc[nH]c12. The van der Waals surface area contributed by atoms with Gasteiger partial charge >= 0.3 is 0 Å². The zero-order valence-electron chi connectivity index (χ0n) is 23.7. The molecule has 1 atom stereocenters. The Morgan fingerprint density at radius 2 is 1.56 bits per heavy atom. The summed E-state index contributed by atoms with van der Waals surface area (Å²) in [6.07, 6.45) is 5.18. The molecule has 3 N–H and O–H groups in total. The summed E-state index contributed by atoms with van der Waals surface area (Å²) >= 11 is 0. The number of carbonyl (C=O) groups is 2. The lowest BCUT2D eigenvalue weighted by molar-refractivity contribution is -0.118. The Morgan fingerprint density at radius 1 is 0.884 bits per heavy atom. The van der Waals surface area contributed by atoms with Gasteiger partial charge in [-0.1, -0.05) is 72.8 Å². The highest BCUT2D eigenvalue weighted by Crippen LogP contribution is 2.33. The smallest absolute Gasteiger partial charge is 0.270 e. The number of aromatic amines is 1. The Morgan fingerprint density at radius 3 is 2.16 bits per heavy atom. The number of aryl methyl sites for hydroxylation is 1. The van der Waals surface area contributed by atoms with E-state index in [1.54, 1.807) is 32.6 Å². The van der Waals surface area contributed by atoms with Gasteiger partial charge in [-0.25, -0.2) is 4.98 Å². The number of hydrogen-bond donors (Lipinski definition) is 3. The highest BCUT2D eigenvalue weighted by Gasteiger charge is 2.33. The Bertz CT molecular complexity index is 1820. The zero-order valence-corrected chi connectivity index (χ0v) is 23.7. The van der Waals surface area contributed by atoms with Crippen molar-refractivity contribution in [2.45, 2.75) is 12.0 Å². The Kier molecular flexibility index (Phi) is 7.69. The quantitative estimate of drug-likeness (QED) is 0.211. The number of fused-ring (bicyclic) bond motifs is 1. The largest absolute Gasteiger partial charge is 0.479 e. The van der Waals surface area contributed by atoms with Crippen molar-refractivity contribution in [3.8, 4) is 17.0 Å². The number of methoxy groups -OCH3 is 1. The predicted molar refractivity (Wildman–Crippen MR) is 166 cm³/mol. The highest BCUT2D eigenvalue weighted by atomic mass is 16.5. The third kappa shape index (κ3) is 5.60. The first-order chi connectivity index (χ1) is 21.0. The standard InChI is InChI=1S/C34H30N6O3/c1-40-28(18-20-37-40)32(41)39-31(29(23-9-5-3-6-10-23)24-11-7-4-8-12-24)33(42)38-25-15-13-22(14-16-25)27-21-36-34(43-2)30-26(27)17-19-35-30/h3-21,29,31,35H,1-2H3,(H,38,42)(H,39,41). The van der Waals surface area contributed by atoms with Gasteiger partial charge in [-0.3, -0.25) is 14.3 Å². The molecule has 9 heteroatoms. The van der Waals surface area contributed by atoms with Crippen LogP contribution in [0.5, 0.6) is 5.88 Å². The third-order valence-corrected chi connectivity index (χ3v) is 7.49. The van der Waals surface area contributed by atoms with Gasteiger partial charge in [0.05, 0.1) is 7.11 Å². The van der Waals surface area contributed by atoms with Crippen molar-refractivity contribution in [1.82, 2.24) is 25.1 Å². The number of amides is 2. The van der Waals surface area contributed by atoms with Gasteiger partial charge in [-0.05, 0) is 41.0 Å². The van der Waals surface area contributed by atoms with Crippen LogP contribution in [0.4, 0.5) is 5.69 Å². The third-order valence-electron chi connectivity index (χ3n) is 7.49. The number of rotatable bonds is 9. The summed E-state index contributed by atoms with van der Waals surface area (Å²) in [5.74, 6) is -0.667. The normalized spacial score (nSPS) is 11.8. The van der Waals surface area contributed by atoms with Crippen LogP contribution >= 0.6 is 0 Å². The summed E-state index contributed by atoms with van der Waals surface area (Å²) in [7, 11) is 3.28. The van der Waals surface area contributed by atoms with Gasteiger partial charge in [0.25, 0.3) is 5.91 Å². The monoisotopic (exact) mass is 570 g/mol. The maximum atomic E-state index is 14.1. The number of carbonyl (C=O) groups excluding carboxylic acids is 2. The summed E-state index contributed by atoms with van der Waals surface area (Å²) in [5, 5.41) is 11.1. The molecule has 0 bridgehead atoms. The van der Waals surface area contributed by atoms with Crippen LogP contribution in [0.3, 0.4) is 0 Å². The number of pyridine rings is 1. The van der Waals surface area contributed by atoms with Gasteiger partial charge in [0.1, 0.15) is 17.3 Å². The molecule has 0 saturated carbocycles.